The molecule has 0 aliphatic rings. The van der Waals surface area contributed by atoms with E-state index < -0.39 is 25.1 Å². The van der Waals surface area contributed by atoms with Crippen LogP contribution in [-0.4, -0.2) is 30.2 Å². The topological polar surface area (TPSA) is 46.5 Å². The standard InChI is InChI=1S/C5H8F2O3/c1-3(5(6)7)10-4(9)2-8/h3,5,8H,2H2,1H3. The van der Waals surface area contributed by atoms with E-state index in [1.807, 2.05) is 0 Å². The van der Waals surface area contributed by atoms with E-state index in [2.05, 4.69) is 4.74 Å². The van der Waals surface area contributed by atoms with E-state index in [1.54, 1.807) is 0 Å². The molecule has 60 valence electrons. The highest BCUT2D eigenvalue weighted by Crippen LogP contribution is 2.03. The molecule has 5 heteroatoms. The molecule has 0 aromatic rings. The Morgan fingerprint density at radius 2 is 2.20 bits per heavy atom. The van der Waals surface area contributed by atoms with Crippen LogP contribution in [0.5, 0.6) is 0 Å². The lowest BCUT2D eigenvalue weighted by molar-refractivity contribution is -0.158. The zero-order valence-corrected chi connectivity index (χ0v) is 5.38. The van der Waals surface area contributed by atoms with Gasteiger partial charge in [-0.3, -0.25) is 0 Å². The molecule has 0 aliphatic heterocycles. The Balaban J connectivity index is 3.57. The first-order valence-corrected chi connectivity index (χ1v) is 2.66. The zero-order valence-electron chi connectivity index (χ0n) is 5.38. The normalized spacial score (nSPS) is 13.3. The van der Waals surface area contributed by atoms with E-state index in [1.165, 1.54) is 0 Å². The van der Waals surface area contributed by atoms with Crippen molar-refractivity contribution in [3.8, 4) is 0 Å². The maximum Gasteiger partial charge on any atom is 0.332 e. The fraction of sp³-hybridized carbons (Fsp3) is 0.800. The molecule has 0 aromatic carbocycles. The van der Waals surface area contributed by atoms with Crippen LogP contribution in [0.15, 0.2) is 0 Å². The van der Waals surface area contributed by atoms with Gasteiger partial charge >= 0.3 is 5.97 Å². The van der Waals surface area contributed by atoms with E-state index >= 15 is 0 Å². The summed E-state index contributed by atoms with van der Waals surface area (Å²) in [5.74, 6) is -1.03. The van der Waals surface area contributed by atoms with Gasteiger partial charge in [-0.1, -0.05) is 0 Å². The first-order chi connectivity index (χ1) is 4.57. The van der Waals surface area contributed by atoms with Gasteiger partial charge in [0.1, 0.15) is 6.61 Å². The third-order valence-electron chi connectivity index (χ3n) is 0.801. The smallest absolute Gasteiger partial charge is 0.332 e. The fourth-order valence-corrected chi connectivity index (χ4v) is 0.296. The second-order valence-electron chi connectivity index (χ2n) is 1.69. The molecule has 0 aliphatic carbocycles. The molecule has 10 heavy (non-hydrogen) atoms. The summed E-state index contributed by atoms with van der Waals surface area (Å²) in [5.41, 5.74) is 0. The SMILES string of the molecule is CC(OC(=O)CO)C(F)F. The van der Waals surface area contributed by atoms with E-state index in [4.69, 9.17) is 5.11 Å². The van der Waals surface area contributed by atoms with Crippen molar-refractivity contribution >= 4 is 5.97 Å². The number of carbonyl (C=O) groups is 1. The lowest BCUT2D eigenvalue weighted by Gasteiger charge is -2.09. The Morgan fingerprint density at radius 1 is 1.70 bits per heavy atom. The zero-order chi connectivity index (χ0) is 8.15. The molecular weight excluding hydrogens is 146 g/mol. The monoisotopic (exact) mass is 154 g/mol. The molecule has 0 fully saturated rings. The molecule has 0 amide bonds. The van der Waals surface area contributed by atoms with Gasteiger partial charge in [-0.05, 0) is 6.92 Å². The highest BCUT2D eigenvalue weighted by molar-refractivity contribution is 5.70. The van der Waals surface area contributed by atoms with Gasteiger partial charge in [-0.15, -0.1) is 0 Å². The molecule has 0 saturated heterocycles. The van der Waals surface area contributed by atoms with Crippen LogP contribution in [0.1, 0.15) is 6.92 Å². The van der Waals surface area contributed by atoms with Crippen molar-refractivity contribution in [2.24, 2.45) is 0 Å². The maximum atomic E-state index is 11.6. The van der Waals surface area contributed by atoms with Crippen LogP contribution < -0.4 is 0 Å². The second-order valence-corrected chi connectivity index (χ2v) is 1.69. The first-order valence-electron chi connectivity index (χ1n) is 2.66. The summed E-state index contributed by atoms with van der Waals surface area (Å²) in [4.78, 5) is 10.1. The minimum absolute atomic E-state index is 0.864. The molecule has 0 bridgehead atoms. The number of esters is 1. The van der Waals surface area contributed by atoms with Crippen LogP contribution in [0.4, 0.5) is 8.78 Å². The Kier molecular flexibility index (Phi) is 3.87. The van der Waals surface area contributed by atoms with Gasteiger partial charge in [0.05, 0.1) is 0 Å². The maximum absolute atomic E-state index is 11.6. The summed E-state index contributed by atoms with van der Waals surface area (Å²) in [6, 6.07) is 0. The summed E-state index contributed by atoms with van der Waals surface area (Å²) in [5, 5.41) is 8.05. The molecule has 0 aromatic heterocycles. The predicted octanol–water partition coefficient (Wildman–Crippen LogP) is 0.175. The van der Waals surface area contributed by atoms with Crippen molar-refractivity contribution in [3.05, 3.63) is 0 Å². The van der Waals surface area contributed by atoms with Crippen LogP contribution >= 0.6 is 0 Å². The first kappa shape index (κ1) is 9.29. The van der Waals surface area contributed by atoms with Gasteiger partial charge < -0.3 is 9.84 Å². The number of hydrogen-bond donors (Lipinski definition) is 1. The molecule has 0 spiro atoms. The van der Waals surface area contributed by atoms with Gasteiger partial charge in [0.15, 0.2) is 6.10 Å². The third kappa shape index (κ3) is 3.34. The Labute approximate surface area is 56.6 Å². The minimum atomic E-state index is -2.70. The van der Waals surface area contributed by atoms with Crippen molar-refractivity contribution in [2.45, 2.75) is 19.5 Å². The summed E-state index contributed by atoms with van der Waals surface area (Å²) < 4.78 is 27.2. The van der Waals surface area contributed by atoms with E-state index in [9.17, 15) is 13.6 Å². The number of aliphatic hydroxyl groups is 1. The number of rotatable bonds is 3. The average molecular weight is 154 g/mol. The number of alkyl halides is 2. The van der Waals surface area contributed by atoms with Crippen LogP contribution in [0.3, 0.4) is 0 Å². The lowest BCUT2D eigenvalue weighted by Crippen LogP contribution is -2.23. The lowest BCUT2D eigenvalue weighted by atomic mass is 10.4. The summed E-state index contributed by atoms with van der Waals surface area (Å²) in [7, 11) is 0. The molecule has 0 heterocycles. The van der Waals surface area contributed by atoms with Crippen molar-refractivity contribution in [1.29, 1.82) is 0 Å². The number of ether oxygens (including phenoxy) is 1. The fourth-order valence-electron chi connectivity index (χ4n) is 0.296. The molecule has 0 radical (unpaired) electrons. The Hall–Kier alpha value is -0.710. The average Bonchev–Trinajstić information content (AvgIpc) is 1.87. The molecular formula is C5H8F2O3. The summed E-state index contributed by atoms with van der Waals surface area (Å²) >= 11 is 0. The van der Waals surface area contributed by atoms with Crippen molar-refractivity contribution in [2.75, 3.05) is 6.61 Å². The molecule has 0 saturated carbocycles. The summed E-state index contributed by atoms with van der Waals surface area (Å²) in [6.07, 6.45) is -4.14. The molecule has 0 rings (SSSR count). The molecule has 1 N–H and O–H groups in total. The van der Waals surface area contributed by atoms with Crippen molar-refractivity contribution in [3.63, 3.8) is 0 Å². The van der Waals surface area contributed by atoms with Gasteiger partial charge in [0.2, 0.25) is 0 Å². The van der Waals surface area contributed by atoms with E-state index in [0.29, 0.717) is 0 Å². The van der Waals surface area contributed by atoms with Gasteiger partial charge in [-0.25, -0.2) is 13.6 Å². The highest BCUT2D eigenvalue weighted by atomic mass is 19.3. The molecule has 1 atom stereocenters. The summed E-state index contributed by atoms with van der Waals surface area (Å²) in [6.45, 7) is 0.190. The highest BCUT2D eigenvalue weighted by Gasteiger charge is 2.18. The number of carbonyl (C=O) groups excluding carboxylic acids is 1. The van der Waals surface area contributed by atoms with Gasteiger partial charge in [0, 0.05) is 0 Å². The number of hydrogen-bond acceptors (Lipinski definition) is 3. The number of aliphatic hydroxyl groups excluding tert-OH is 1. The van der Waals surface area contributed by atoms with Crippen LogP contribution in [0, 0.1) is 0 Å². The second kappa shape index (κ2) is 4.16. The van der Waals surface area contributed by atoms with Crippen molar-refractivity contribution in [1.82, 2.24) is 0 Å². The predicted molar refractivity (Wildman–Crippen MR) is 28.6 cm³/mol. The van der Waals surface area contributed by atoms with Gasteiger partial charge in [-0.2, -0.15) is 0 Å². The van der Waals surface area contributed by atoms with Crippen LogP contribution in [0.2, 0.25) is 0 Å². The van der Waals surface area contributed by atoms with Crippen LogP contribution in [-0.2, 0) is 9.53 Å². The molecule has 1 unspecified atom stereocenters. The third-order valence-corrected chi connectivity index (χ3v) is 0.801. The largest absolute Gasteiger partial charge is 0.455 e. The van der Waals surface area contributed by atoms with E-state index in [0.717, 1.165) is 6.92 Å². The quantitative estimate of drug-likeness (QED) is 0.589. The minimum Gasteiger partial charge on any atom is -0.455 e. The van der Waals surface area contributed by atoms with Crippen LogP contribution in [0.25, 0.3) is 0 Å². The Morgan fingerprint density at radius 3 is 2.50 bits per heavy atom. The van der Waals surface area contributed by atoms with E-state index in [-0.39, 0.29) is 0 Å². The van der Waals surface area contributed by atoms with Crippen molar-refractivity contribution < 1.29 is 23.4 Å². The number of halogens is 2. The molecule has 3 nitrogen and oxygen atoms in total. The van der Waals surface area contributed by atoms with Gasteiger partial charge in [0.25, 0.3) is 6.43 Å². The Bertz CT molecular complexity index is 115.